The van der Waals surface area contributed by atoms with Crippen molar-refractivity contribution in [3.05, 3.63) is 24.3 Å². The highest BCUT2D eigenvalue weighted by Crippen LogP contribution is 2.32. The summed E-state index contributed by atoms with van der Waals surface area (Å²) in [5, 5.41) is 0. The van der Waals surface area contributed by atoms with Gasteiger partial charge < -0.3 is 10.6 Å². The van der Waals surface area contributed by atoms with Crippen LogP contribution in [0, 0.1) is 0 Å². The van der Waals surface area contributed by atoms with E-state index in [2.05, 4.69) is 9.62 Å². The van der Waals surface area contributed by atoms with Crippen LogP contribution in [0.3, 0.4) is 0 Å². The van der Waals surface area contributed by atoms with Gasteiger partial charge in [-0.3, -0.25) is 0 Å². The maximum absolute atomic E-state index is 12.5. The number of anilines is 1. The van der Waals surface area contributed by atoms with E-state index in [0.717, 1.165) is 37.9 Å². The van der Waals surface area contributed by atoms with E-state index in [1.165, 1.54) is 0 Å². The Hall–Kier alpha value is -1.11. The van der Waals surface area contributed by atoms with E-state index < -0.39 is 10.0 Å². The molecule has 1 aliphatic carbocycles. The van der Waals surface area contributed by atoms with E-state index in [1.54, 1.807) is 12.1 Å². The molecule has 0 amide bonds. The summed E-state index contributed by atoms with van der Waals surface area (Å²) in [6.07, 6.45) is 3.97. The van der Waals surface area contributed by atoms with Crippen LogP contribution in [0.4, 0.5) is 5.69 Å². The molecule has 3 rings (SSSR count). The summed E-state index contributed by atoms with van der Waals surface area (Å²) in [5.74, 6) is 0. The van der Waals surface area contributed by atoms with Crippen LogP contribution in [-0.2, 0) is 10.0 Å². The molecular formula is C14H21N3O2S. The van der Waals surface area contributed by atoms with E-state index in [4.69, 9.17) is 5.73 Å². The molecule has 1 aromatic carbocycles. The van der Waals surface area contributed by atoms with Gasteiger partial charge in [0.15, 0.2) is 0 Å². The Balaban J connectivity index is 1.95. The summed E-state index contributed by atoms with van der Waals surface area (Å²) in [4.78, 5) is 2.52. The van der Waals surface area contributed by atoms with Crippen molar-refractivity contribution < 1.29 is 8.42 Å². The standard InChI is InChI=1S/C14H21N3O2S/c15-10-12-4-3-9-17(12)13-5-1-2-6-14(13)20(18,19)16-11-7-8-11/h1-2,5-6,11-12,16H,3-4,7-10,15H2. The Kier molecular flexibility index (Phi) is 3.70. The molecule has 5 nitrogen and oxygen atoms in total. The average Bonchev–Trinajstić information content (AvgIpc) is 3.11. The van der Waals surface area contributed by atoms with Gasteiger partial charge in [-0.15, -0.1) is 0 Å². The molecule has 1 aliphatic heterocycles. The molecule has 6 heteroatoms. The summed E-state index contributed by atoms with van der Waals surface area (Å²) < 4.78 is 27.7. The second-order valence-corrected chi connectivity index (χ2v) is 7.27. The van der Waals surface area contributed by atoms with Crippen LogP contribution in [0.2, 0.25) is 0 Å². The molecule has 1 atom stereocenters. The van der Waals surface area contributed by atoms with Crippen molar-refractivity contribution in [2.24, 2.45) is 5.73 Å². The van der Waals surface area contributed by atoms with Gasteiger partial charge in [-0.1, -0.05) is 12.1 Å². The van der Waals surface area contributed by atoms with Gasteiger partial charge in [-0.25, -0.2) is 13.1 Å². The molecule has 1 heterocycles. The lowest BCUT2D eigenvalue weighted by atomic mass is 10.2. The Morgan fingerprint density at radius 1 is 1.25 bits per heavy atom. The number of benzene rings is 1. The van der Waals surface area contributed by atoms with Gasteiger partial charge in [-0.05, 0) is 37.8 Å². The van der Waals surface area contributed by atoms with Gasteiger partial charge in [0.1, 0.15) is 4.90 Å². The Morgan fingerprint density at radius 3 is 2.70 bits per heavy atom. The van der Waals surface area contributed by atoms with Crippen molar-refractivity contribution in [1.82, 2.24) is 4.72 Å². The molecule has 0 aromatic heterocycles. The van der Waals surface area contributed by atoms with E-state index >= 15 is 0 Å². The third kappa shape index (κ3) is 2.68. The molecule has 1 unspecified atom stereocenters. The summed E-state index contributed by atoms with van der Waals surface area (Å²) in [5.41, 5.74) is 6.59. The molecule has 1 saturated heterocycles. The third-order valence-corrected chi connectivity index (χ3v) is 5.58. The van der Waals surface area contributed by atoms with Crippen molar-refractivity contribution >= 4 is 15.7 Å². The maximum atomic E-state index is 12.5. The van der Waals surface area contributed by atoms with Gasteiger partial charge in [0.25, 0.3) is 0 Å². The predicted molar refractivity (Wildman–Crippen MR) is 79.2 cm³/mol. The average molecular weight is 295 g/mol. The first-order chi connectivity index (χ1) is 9.62. The lowest BCUT2D eigenvalue weighted by molar-refractivity contribution is 0.580. The summed E-state index contributed by atoms with van der Waals surface area (Å²) >= 11 is 0. The summed E-state index contributed by atoms with van der Waals surface area (Å²) in [6.45, 7) is 1.43. The van der Waals surface area contributed by atoms with Crippen molar-refractivity contribution in [1.29, 1.82) is 0 Å². The van der Waals surface area contributed by atoms with E-state index in [-0.39, 0.29) is 12.1 Å². The van der Waals surface area contributed by atoms with Gasteiger partial charge in [0.2, 0.25) is 10.0 Å². The minimum absolute atomic E-state index is 0.122. The molecule has 20 heavy (non-hydrogen) atoms. The zero-order valence-electron chi connectivity index (χ0n) is 11.5. The molecule has 0 bridgehead atoms. The monoisotopic (exact) mass is 295 g/mol. The zero-order valence-corrected chi connectivity index (χ0v) is 12.3. The third-order valence-electron chi connectivity index (χ3n) is 4.01. The summed E-state index contributed by atoms with van der Waals surface area (Å²) in [6, 6.07) is 7.60. The van der Waals surface area contributed by atoms with Gasteiger partial charge in [-0.2, -0.15) is 0 Å². The molecule has 2 fully saturated rings. The van der Waals surface area contributed by atoms with Crippen LogP contribution in [-0.4, -0.2) is 33.6 Å². The second-order valence-electron chi connectivity index (χ2n) is 5.59. The van der Waals surface area contributed by atoms with Gasteiger partial charge in [0, 0.05) is 25.2 Å². The minimum atomic E-state index is -3.43. The fraction of sp³-hybridized carbons (Fsp3) is 0.571. The highest BCUT2D eigenvalue weighted by Gasteiger charge is 2.32. The number of hydrogen-bond donors (Lipinski definition) is 2. The van der Waals surface area contributed by atoms with Crippen LogP contribution in [0.5, 0.6) is 0 Å². The molecule has 0 radical (unpaired) electrons. The maximum Gasteiger partial charge on any atom is 0.242 e. The topological polar surface area (TPSA) is 75.4 Å². The molecule has 110 valence electrons. The van der Waals surface area contributed by atoms with Gasteiger partial charge >= 0.3 is 0 Å². The number of para-hydroxylation sites is 1. The normalized spacial score (nSPS) is 23.2. The van der Waals surface area contributed by atoms with Crippen LogP contribution >= 0.6 is 0 Å². The number of nitrogens with two attached hydrogens (primary N) is 1. The molecular weight excluding hydrogens is 274 g/mol. The number of rotatable bonds is 5. The Morgan fingerprint density at radius 2 is 2.00 bits per heavy atom. The first-order valence-corrected chi connectivity index (χ1v) is 8.68. The zero-order chi connectivity index (χ0) is 14.2. The number of sulfonamides is 1. The largest absolute Gasteiger partial charge is 0.366 e. The molecule has 0 spiro atoms. The second kappa shape index (κ2) is 5.35. The Bertz CT molecular complexity index is 584. The van der Waals surface area contributed by atoms with Crippen molar-refractivity contribution in [2.75, 3.05) is 18.0 Å². The molecule has 2 aliphatic rings. The van der Waals surface area contributed by atoms with Crippen LogP contribution in [0.25, 0.3) is 0 Å². The fourth-order valence-electron chi connectivity index (χ4n) is 2.80. The minimum Gasteiger partial charge on any atom is -0.366 e. The lowest BCUT2D eigenvalue weighted by Gasteiger charge is -2.27. The summed E-state index contributed by atoms with van der Waals surface area (Å²) in [7, 11) is -3.43. The predicted octanol–water partition coefficient (Wildman–Crippen LogP) is 1.05. The number of hydrogen-bond acceptors (Lipinski definition) is 4. The van der Waals surface area contributed by atoms with Gasteiger partial charge in [0.05, 0.1) is 5.69 Å². The highest BCUT2D eigenvalue weighted by atomic mass is 32.2. The fourth-order valence-corrected chi connectivity index (χ4v) is 4.32. The van der Waals surface area contributed by atoms with Crippen molar-refractivity contribution in [2.45, 2.75) is 42.7 Å². The van der Waals surface area contributed by atoms with Crippen LogP contribution in [0.15, 0.2) is 29.2 Å². The van der Waals surface area contributed by atoms with E-state index in [9.17, 15) is 8.42 Å². The smallest absolute Gasteiger partial charge is 0.242 e. The van der Waals surface area contributed by atoms with Crippen molar-refractivity contribution in [3.8, 4) is 0 Å². The molecule has 1 saturated carbocycles. The Labute approximate surface area is 120 Å². The van der Waals surface area contributed by atoms with Crippen molar-refractivity contribution in [3.63, 3.8) is 0 Å². The number of nitrogens with zero attached hydrogens (tertiary/aromatic N) is 1. The molecule has 3 N–H and O–H groups in total. The number of nitrogens with one attached hydrogen (secondary N) is 1. The first-order valence-electron chi connectivity index (χ1n) is 7.20. The van der Waals surface area contributed by atoms with Crippen LogP contribution < -0.4 is 15.4 Å². The lowest BCUT2D eigenvalue weighted by Crippen LogP contribution is -2.37. The first kappa shape index (κ1) is 13.9. The SMILES string of the molecule is NCC1CCCN1c1ccccc1S(=O)(=O)NC1CC1. The van der Waals surface area contributed by atoms with E-state index in [0.29, 0.717) is 11.4 Å². The van der Waals surface area contributed by atoms with Crippen LogP contribution in [0.1, 0.15) is 25.7 Å². The quantitative estimate of drug-likeness (QED) is 0.851. The van der Waals surface area contributed by atoms with E-state index in [1.807, 2.05) is 12.1 Å². The molecule has 1 aromatic rings. The highest BCUT2D eigenvalue weighted by molar-refractivity contribution is 7.89.